The number of hydrogen-bond acceptors (Lipinski definition) is 0. The quantitative estimate of drug-likeness (QED) is 0.130. The number of hydrogen-bond donors (Lipinski definition) is 0. The molecule has 2 unspecified atom stereocenters. The second-order valence-electron chi connectivity index (χ2n) is 16.3. The first-order chi connectivity index (χ1) is 18.3. The van der Waals surface area contributed by atoms with Crippen LogP contribution in [0.4, 0.5) is 0 Å². The van der Waals surface area contributed by atoms with Crippen molar-refractivity contribution >= 4 is 31.9 Å². The largest absolute Gasteiger partial charge is 0.100 e. The molecule has 0 saturated carbocycles. The summed E-state index contributed by atoms with van der Waals surface area (Å²) in [4.78, 5) is 0. The lowest BCUT2D eigenvalue weighted by atomic mass is 9.65. The van der Waals surface area contributed by atoms with E-state index in [1.807, 2.05) is 0 Å². The van der Waals surface area contributed by atoms with E-state index in [4.69, 9.17) is 0 Å². The molecule has 0 bridgehead atoms. The first-order valence-electron chi connectivity index (χ1n) is 15.3. The topological polar surface area (TPSA) is 0 Å². The summed E-state index contributed by atoms with van der Waals surface area (Å²) >= 11 is 7.27. The van der Waals surface area contributed by atoms with E-state index in [1.54, 1.807) is 0 Å². The number of rotatable bonds is 15. The smallest absolute Gasteiger partial charge is 0.0283 e. The van der Waals surface area contributed by atoms with E-state index < -0.39 is 0 Å². The Balaban J connectivity index is 2.41. The molecule has 0 aliphatic heterocycles. The van der Waals surface area contributed by atoms with Gasteiger partial charge in [-0.25, -0.2) is 0 Å². The van der Waals surface area contributed by atoms with Crippen molar-refractivity contribution in [3.63, 3.8) is 0 Å². The minimum Gasteiger partial charge on any atom is -0.100 e. The van der Waals surface area contributed by atoms with Crippen molar-refractivity contribution in [1.82, 2.24) is 0 Å². The van der Waals surface area contributed by atoms with Crippen LogP contribution in [-0.4, -0.2) is 0 Å². The Labute approximate surface area is 265 Å². The lowest BCUT2D eigenvalue weighted by Crippen LogP contribution is -2.27. The normalized spacial score (nSPS) is 14.7. The lowest BCUT2D eigenvalue weighted by molar-refractivity contribution is 0.159. The molecule has 0 radical (unpaired) electrons. The van der Waals surface area contributed by atoms with E-state index >= 15 is 0 Å². The summed E-state index contributed by atoms with van der Waals surface area (Å²) in [7, 11) is 0. The van der Waals surface area contributed by atoms with Crippen molar-refractivity contribution in [1.29, 1.82) is 0 Å². The van der Waals surface area contributed by atoms with Crippen molar-refractivity contribution in [2.45, 2.75) is 130 Å². The third-order valence-corrected chi connectivity index (χ3v) is 9.49. The van der Waals surface area contributed by atoms with Crippen LogP contribution in [0.5, 0.6) is 0 Å². The second kappa shape index (κ2) is 14.5. The van der Waals surface area contributed by atoms with Crippen molar-refractivity contribution < 1.29 is 0 Å². The molecule has 224 valence electrons. The fourth-order valence-corrected chi connectivity index (χ4v) is 8.27. The van der Waals surface area contributed by atoms with Crippen LogP contribution < -0.4 is 0 Å². The molecule has 0 aliphatic carbocycles. The fraction of sp³-hybridized carbons (Fsp3) is 0.632. The monoisotopic (exact) mass is 672 g/mol. The molecule has 2 aromatic rings. The third kappa shape index (κ3) is 12.6. The van der Waals surface area contributed by atoms with Crippen molar-refractivity contribution in [3.8, 4) is 0 Å². The summed E-state index contributed by atoms with van der Waals surface area (Å²) in [5.41, 5.74) is 7.99. The molecule has 2 heteroatoms. The van der Waals surface area contributed by atoms with E-state index in [0.29, 0.717) is 17.3 Å². The lowest BCUT2D eigenvalue weighted by Gasteiger charge is -2.40. The van der Waals surface area contributed by atoms with Gasteiger partial charge in [-0.15, -0.1) is 6.58 Å². The Kier molecular flexibility index (Phi) is 12.9. The van der Waals surface area contributed by atoms with E-state index in [2.05, 4.69) is 156 Å². The van der Waals surface area contributed by atoms with Gasteiger partial charge in [-0.1, -0.05) is 148 Å². The number of benzene rings is 2. The van der Waals surface area contributed by atoms with Gasteiger partial charge in [0.2, 0.25) is 0 Å². The summed E-state index contributed by atoms with van der Waals surface area (Å²) in [5, 5.41) is 1.82. The molecule has 0 heterocycles. The van der Waals surface area contributed by atoms with E-state index in [1.165, 1.54) is 59.9 Å². The van der Waals surface area contributed by atoms with E-state index in [0.717, 1.165) is 17.1 Å². The predicted octanol–water partition coefficient (Wildman–Crippen LogP) is 13.4. The fourth-order valence-electron chi connectivity index (χ4n) is 7.52. The second-order valence-corrected chi connectivity index (χ2v) is 17.4. The van der Waals surface area contributed by atoms with Crippen LogP contribution in [0.3, 0.4) is 0 Å². The van der Waals surface area contributed by atoms with Gasteiger partial charge in [0, 0.05) is 10.7 Å². The predicted molar refractivity (Wildman–Crippen MR) is 187 cm³/mol. The Morgan fingerprint density at radius 1 is 0.600 bits per heavy atom. The number of halogens is 2. The molecule has 0 spiro atoms. The van der Waals surface area contributed by atoms with Gasteiger partial charge < -0.3 is 0 Å². The highest BCUT2D eigenvalue weighted by Crippen LogP contribution is 2.48. The minimum absolute atomic E-state index is 0.203. The van der Waals surface area contributed by atoms with Gasteiger partial charge in [-0.3, -0.25) is 0 Å². The molecule has 0 saturated heterocycles. The summed E-state index contributed by atoms with van der Waals surface area (Å²) in [6.45, 7) is 28.5. The van der Waals surface area contributed by atoms with Gasteiger partial charge in [-0.05, 0) is 101 Å². The van der Waals surface area contributed by atoms with E-state index in [-0.39, 0.29) is 16.2 Å². The van der Waals surface area contributed by atoms with Crippen LogP contribution in [0.15, 0.2) is 60.7 Å². The van der Waals surface area contributed by atoms with Crippen LogP contribution in [0, 0.1) is 21.7 Å². The van der Waals surface area contributed by atoms with Gasteiger partial charge in [0.15, 0.2) is 0 Å². The van der Waals surface area contributed by atoms with Crippen molar-refractivity contribution in [2.75, 3.05) is 0 Å². The average Bonchev–Trinajstić information content (AvgIpc) is 2.80. The average molecular weight is 675 g/mol. The Morgan fingerprint density at radius 3 is 1.27 bits per heavy atom. The van der Waals surface area contributed by atoms with Crippen molar-refractivity contribution in [3.05, 3.63) is 82.9 Å². The molecule has 0 N–H and O–H groups in total. The molecular formula is C38H58Br2. The molecule has 0 amide bonds. The van der Waals surface area contributed by atoms with Crippen LogP contribution in [0.2, 0.25) is 0 Å². The Morgan fingerprint density at radius 2 is 0.950 bits per heavy atom. The highest BCUT2D eigenvalue weighted by Gasteiger charge is 2.35. The third-order valence-electron chi connectivity index (χ3n) is 8.20. The maximum Gasteiger partial charge on any atom is 0.0283 e. The zero-order valence-electron chi connectivity index (χ0n) is 27.4. The molecule has 0 aromatic heterocycles. The minimum atomic E-state index is 0.203. The Bertz CT molecular complexity index is 1050. The highest BCUT2D eigenvalue weighted by atomic mass is 79.9. The summed E-state index contributed by atoms with van der Waals surface area (Å²) in [5.74, 6) is 1.06. The molecule has 0 fully saturated rings. The molecule has 2 rings (SSSR count). The Hall–Kier alpha value is -0.860. The van der Waals surface area contributed by atoms with Gasteiger partial charge >= 0.3 is 0 Å². The van der Waals surface area contributed by atoms with Gasteiger partial charge in [0.1, 0.15) is 0 Å². The molecule has 2 atom stereocenters. The summed E-state index contributed by atoms with van der Waals surface area (Å²) < 4.78 is 0. The highest BCUT2D eigenvalue weighted by molar-refractivity contribution is 9.08. The van der Waals surface area contributed by atoms with Crippen LogP contribution >= 0.6 is 31.9 Å². The molecule has 0 aliphatic rings. The maximum atomic E-state index is 4.25. The van der Waals surface area contributed by atoms with Crippen molar-refractivity contribution in [2.24, 2.45) is 21.7 Å². The molecular weight excluding hydrogens is 616 g/mol. The maximum absolute atomic E-state index is 4.25. The van der Waals surface area contributed by atoms with E-state index in [9.17, 15) is 0 Å². The summed E-state index contributed by atoms with van der Waals surface area (Å²) in [6, 6.07) is 18.8. The van der Waals surface area contributed by atoms with Crippen LogP contribution in [-0.2, 0) is 10.7 Å². The van der Waals surface area contributed by atoms with Crippen LogP contribution in [0.1, 0.15) is 142 Å². The zero-order valence-corrected chi connectivity index (χ0v) is 30.6. The standard InChI is InChI=1S/C38H58Br2/c1-28(2)20-36(6,7)21-33(31-16-12-29(25-39)13-17-31)22-37(8,9)23-34(24-38(10,11)27-35(3,4)5)32-18-14-30(26-40)15-19-32/h12-19,33-34H,1,20-27H2,2-11H3. The number of allylic oxidation sites excluding steroid dienone is 1. The van der Waals surface area contributed by atoms with Gasteiger partial charge in [-0.2, -0.15) is 0 Å². The van der Waals surface area contributed by atoms with Gasteiger partial charge in [0.05, 0.1) is 0 Å². The number of alkyl halides is 2. The zero-order chi connectivity index (χ0) is 30.4. The first kappa shape index (κ1) is 35.3. The molecule has 40 heavy (non-hydrogen) atoms. The first-order valence-corrected chi connectivity index (χ1v) is 17.5. The van der Waals surface area contributed by atoms with Gasteiger partial charge in [0.25, 0.3) is 0 Å². The van der Waals surface area contributed by atoms with Crippen LogP contribution in [0.25, 0.3) is 0 Å². The molecule has 2 aromatic carbocycles. The SMILES string of the molecule is C=C(C)CC(C)(C)CC(CC(C)(C)CC(CC(C)(C)CC(C)(C)C)c1ccc(CBr)cc1)c1ccc(CBr)cc1. The summed E-state index contributed by atoms with van der Waals surface area (Å²) in [6.07, 6.45) is 7.09. The molecule has 0 nitrogen and oxygen atoms in total.